The first-order valence-electron chi connectivity index (χ1n) is 10.6. The number of hydrogen-bond acceptors (Lipinski definition) is 5. The zero-order chi connectivity index (χ0) is 24.1. The van der Waals surface area contributed by atoms with Gasteiger partial charge in [-0.05, 0) is 54.6 Å². The number of nitrogens with one attached hydrogen (secondary N) is 1. The van der Waals surface area contributed by atoms with Crippen LogP contribution in [-0.4, -0.2) is 52.0 Å². The first-order valence-corrected chi connectivity index (χ1v) is 12.8. The molecule has 1 heterocycles. The number of anilines is 2. The predicted molar refractivity (Wildman–Crippen MR) is 134 cm³/mol. The summed E-state index contributed by atoms with van der Waals surface area (Å²) in [5, 5.41) is 0.579. The van der Waals surface area contributed by atoms with E-state index in [4.69, 9.17) is 27.9 Å². The van der Waals surface area contributed by atoms with Crippen LogP contribution < -0.4 is 14.4 Å². The van der Waals surface area contributed by atoms with Crippen molar-refractivity contribution in [1.82, 2.24) is 4.90 Å². The quantitative estimate of drug-likeness (QED) is 0.496. The maximum atomic E-state index is 12.6. The lowest BCUT2D eigenvalue weighted by Crippen LogP contribution is -2.50. The standard InChI is InChI=1S/C24H23Cl2N3O4S/c25-22-11-6-18(16-23(22)26)27-34(31,32)21-9-7-20(8-10-21)33-17-24(30)29-14-12-28(13-15-29)19-4-2-1-3-5-19/h1-11,16,27H,12-15,17H2. The lowest BCUT2D eigenvalue weighted by molar-refractivity contribution is -0.133. The van der Waals surface area contributed by atoms with Gasteiger partial charge in [-0.25, -0.2) is 8.42 Å². The van der Waals surface area contributed by atoms with Gasteiger partial charge in [0.1, 0.15) is 5.75 Å². The maximum absolute atomic E-state index is 12.6. The number of para-hydroxylation sites is 1. The zero-order valence-corrected chi connectivity index (χ0v) is 20.5. The third kappa shape index (κ3) is 5.94. The predicted octanol–water partition coefficient (Wildman–Crippen LogP) is 4.52. The zero-order valence-electron chi connectivity index (χ0n) is 18.2. The van der Waals surface area contributed by atoms with Crippen molar-refractivity contribution in [2.45, 2.75) is 4.90 Å². The molecule has 0 aromatic heterocycles. The molecule has 4 rings (SSSR count). The van der Waals surface area contributed by atoms with Gasteiger partial charge < -0.3 is 14.5 Å². The number of carbonyl (C=O) groups excluding carboxylic acids is 1. The van der Waals surface area contributed by atoms with Crippen LogP contribution in [0.25, 0.3) is 0 Å². The molecule has 1 N–H and O–H groups in total. The number of nitrogens with zero attached hydrogens (tertiary/aromatic N) is 2. The van der Waals surface area contributed by atoms with Crippen LogP contribution in [0.15, 0.2) is 77.7 Å². The van der Waals surface area contributed by atoms with E-state index in [0.29, 0.717) is 29.5 Å². The van der Waals surface area contributed by atoms with Gasteiger partial charge in [0.15, 0.2) is 6.61 Å². The molecule has 34 heavy (non-hydrogen) atoms. The van der Waals surface area contributed by atoms with E-state index in [1.54, 1.807) is 4.90 Å². The van der Waals surface area contributed by atoms with Crippen molar-refractivity contribution in [3.63, 3.8) is 0 Å². The van der Waals surface area contributed by atoms with Crippen molar-refractivity contribution in [3.05, 3.63) is 82.8 Å². The molecule has 1 fully saturated rings. The summed E-state index contributed by atoms with van der Waals surface area (Å²) >= 11 is 11.8. The minimum atomic E-state index is -3.82. The molecule has 0 bridgehead atoms. The van der Waals surface area contributed by atoms with Gasteiger partial charge in [-0.1, -0.05) is 41.4 Å². The van der Waals surface area contributed by atoms with E-state index in [2.05, 4.69) is 21.8 Å². The van der Waals surface area contributed by atoms with Crippen LogP contribution in [0.5, 0.6) is 5.75 Å². The van der Waals surface area contributed by atoms with Gasteiger partial charge in [-0.3, -0.25) is 9.52 Å². The van der Waals surface area contributed by atoms with Crippen LogP contribution in [0.4, 0.5) is 11.4 Å². The van der Waals surface area contributed by atoms with E-state index < -0.39 is 10.0 Å². The molecule has 0 radical (unpaired) electrons. The number of carbonyl (C=O) groups is 1. The number of amides is 1. The Hall–Kier alpha value is -2.94. The molecule has 3 aromatic rings. The van der Waals surface area contributed by atoms with E-state index in [1.807, 2.05) is 18.2 Å². The molecule has 7 nitrogen and oxygen atoms in total. The van der Waals surface area contributed by atoms with Crippen molar-refractivity contribution in [3.8, 4) is 5.75 Å². The highest BCUT2D eigenvalue weighted by molar-refractivity contribution is 7.92. The number of benzene rings is 3. The fourth-order valence-electron chi connectivity index (χ4n) is 3.58. The van der Waals surface area contributed by atoms with Crippen LogP contribution in [0.1, 0.15) is 0 Å². The molecule has 0 saturated carbocycles. The Balaban J connectivity index is 1.29. The van der Waals surface area contributed by atoms with Gasteiger partial charge >= 0.3 is 0 Å². The summed E-state index contributed by atoms with van der Waals surface area (Å²) in [6.07, 6.45) is 0. The number of hydrogen-bond donors (Lipinski definition) is 1. The molecule has 1 aliphatic rings. The Labute approximate surface area is 208 Å². The van der Waals surface area contributed by atoms with E-state index in [9.17, 15) is 13.2 Å². The van der Waals surface area contributed by atoms with E-state index >= 15 is 0 Å². The number of piperazine rings is 1. The molecule has 10 heteroatoms. The normalized spacial score (nSPS) is 14.1. The molecule has 3 aromatic carbocycles. The van der Waals surface area contributed by atoms with Crippen molar-refractivity contribution in [1.29, 1.82) is 0 Å². The fourth-order valence-corrected chi connectivity index (χ4v) is 4.93. The highest BCUT2D eigenvalue weighted by atomic mass is 35.5. The van der Waals surface area contributed by atoms with Gasteiger partial charge in [0.25, 0.3) is 15.9 Å². The van der Waals surface area contributed by atoms with Gasteiger partial charge in [-0.15, -0.1) is 0 Å². The monoisotopic (exact) mass is 519 g/mol. The van der Waals surface area contributed by atoms with Gasteiger partial charge in [0, 0.05) is 31.9 Å². The van der Waals surface area contributed by atoms with Gasteiger partial charge in [0.05, 0.1) is 20.6 Å². The molecule has 1 amide bonds. The van der Waals surface area contributed by atoms with E-state index in [1.165, 1.54) is 42.5 Å². The molecular formula is C24H23Cl2N3O4S. The summed E-state index contributed by atoms with van der Waals surface area (Å²) in [5.74, 6) is 0.301. The second-order valence-corrected chi connectivity index (χ2v) is 10.2. The molecule has 0 spiro atoms. The first-order chi connectivity index (χ1) is 16.3. The van der Waals surface area contributed by atoms with Crippen LogP contribution in [0, 0.1) is 0 Å². The summed E-state index contributed by atoms with van der Waals surface area (Å²) < 4.78 is 33.3. The second kappa shape index (κ2) is 10.5. The second-order valence-electron chi connectivity index (χ2n) is 7.70. The van der Waals surface area contributed by atoms with Crippen molar-refractivity contribution in [2.24, 2.45) is 0 Å². The fraction of sp³-hybridized carbons (Fsp3) is 0.208. The van der Waals surface area contributed by atoms with Gasteiger partial charge in [0.2, 0.25) is 0 Å². The average Bonchev–Trinajstić information content (AvgIpc) is 2.85. The lowest BCUT2D eigenvalue weighted by Gasteiger charge is -2.36. The lowest BCUT2D eigenvalue weighted by atomic mass is 10.2. The highest BCUT2D eigenvalue weighted by Gasteiger charge is 2.22. The molecule has 1 aliphatic heterocycles. The van der Waals surface area contributed by atoms with Crippen LogP contribution >= 0.6 is 23.2 Å². The summed E-state index contributed by atoms with van der Waals surface area (Å²) in [6.45, 7) is 2.64. The average molecular weight is 520 g/mol. The highest BCUT2D eigenvalue weighted by Crippen LogP contribution is 2.27. The van der Waals surface area contributed by atoms with Crippen molar-refractivity contribution < 1.29 is 17.9 Å². The Bertz CT molecular complexity index is 1250. The Morgan fingerprint density at radius 3 is 2.21 bits per heavy atom. The van der Waals surface area contributed by atoms with Crippen LogP contribution in [0.2, 0.25) is 10.0 Å². The SMILES string of the molecule is O=C(COc1ccc(S(=O)(=O)Nc2ccc(Cl)c(Cl)c2)cc1)N1CCN(c2ccccc2)CC1. The smallest absolute Gasteiger partial charge is 0.261 e. The number of rotatable bonds is 7. The summed E-state index contributed by atoms with van der Waals surface area (Å²) in [7, 11) is -3.82. The molecule has 0 aliphatic carbocycles. The number of halogens is 2. The largest absolute Gasteiger partial charge is 0.484 e. The number of ether oxygens (including phenoxy) is 1. The summed E-state index contributed by atoms with van der Waals surface area (Å²) in [4.78, 5) is 16.6. The van der Waals surface area contributed by atoms with E-state index in [0.717, 1.165) is 18.8 Å². The Kier molecular flexibility index (Phi) is 7.50. The van der Waals surface area contributed by atoms with E-state index in [-0.39, 0.29) is 22.4 Å². The van der Waals surface area contributed by atoms with Crippen LogP contribution in [0.3, 0.4) is 0 Å². The molecular weight excluding hydrogens is 497 g/mol. The third-order valence-corrected chi connectivity index (χ3v) is 7.56. The summed E-state index contributed by atoms with van der Waals surface area (Å²) in [6, 6.07) is 20.4. The number of sulfonamides is 1. The maximum Gasteiger partial charge on any atom is 0.261 e. The Morgan fingerprint density at radius 2 is 1.56 bits per heavy atom. The third-order valence-electron chi connectivity index (χ3n) is 5.42. The minimum Gasteiger partial charge on any atom is -0.484 e. The topological polar surface area (TPSA) is 78.9 Å². The van der Waals surface area contributed by atoms with Crippen molar-refractivity contribution in [2.75, 3.05) is 42.4 Å². The molecule has 0 unspecified atom stereocenters. The Morgan fingerprint density at radius 1 is 0.882 bits per heavy atom. The van der Waals surface area contributed by atoms with Gasteiger partial charge in [-0.2, -0.15) is 0 Å². The molecule has 0 atom stereocenters. The molecule has 178 valence electrons. The van der Waals surface area contributed by atoms with Crippen LogP contribution in [-0.2, 0) is 14.8 Å². The van der Waals surface area contributed by atoms with Crippen molar-refractivity contribution >= 4 is 50.5 Å². The first kappa shape index (κ1) is 24.2. The summed E-state index contributed by atoms with van der Waals surface area (Å²) in [5.41, 5.74) is 1.45. The minimum absolute atomic E-state index is 0.0503. The molecule has 1 saturated heterocycles.